The number of hydrogen-bond acceptors (Lipinski definition) is 4. The summed E-state index contributed by atoms with van der Waals surface area (Å²) in [7, 11) is -3.54. The van der Waals surface area contributed by atoms with Gasteiger partial charge in [-0.15, -0.1) is 0 Å². The molecule has 1 atom stereocenters. The summed E-state index contributed by atoms with van der Waals surface area (Å²) in [5.74, 6) is 0.419. The molecule has 0 saturated heterocycles. The van der Waals surface area contributed by atoms with Gasteiger partial charge in [-0.1, -0.05) is 48.0 Å². The van der Waals surface area contributed by atoms with E-state index in [2.05, 4.69) is 5.32 Å². The Labute approximate surface area is 172 Å². The van der Waals surface area contributed by atoms with Crippen LogP contribution in [0.5, 0.6) is 5.75 Å². The Kier molecular flexibility index (Phi) is 6.00. The Bertz CT molecular complexity index is 987. The summed E-state index contributed by atoms with van der Waals surface area (Å²) in [4.78, 5) is 12.8. The van der Waals surface area contributed by atoms with E-state index in [4.69, 9.17) is 4.74 Å². The van der Waals surface area contributed by atoms with Gasteiger partial charge in [0.05, 0.1) is 18.8 Å². The summed E-state index contributed by atoms with van der Waals surface area (Å²) < 4.78 is 31.7. The molecule has 0 spiro atoms. The molecule has 6 nitrogen and oxygen atoms in total. The number of nitrogens with zero attached hydrogens (tertiary/aromatic N) is 1. The second kappa shape index (κ2) is 8.16. The number of nitrogens with one attached hydrogen (secondary N) is 1. The van der Waals surface area contributed by atoms with E-state index in [-0.39, 0.29) is 25.0 Å². The number of carbonyl (C=O) groups is 1. The lowest BCUT2D eigenvalue weighted by Crippen LogP contribution is -2.45. The number of benzene rings is 2. The quantitative estimate of drug-likeness (QED) is 0.785. The molecule has 2 aromatic rings. The van der Waals surface area contributed by atoms with Gasteiger partial charge in [0.25, 0.3) is 0 Å². The molecule has 1 heterocycles. The Morgan fingerprint density at radius 2 is 1.90 bits per heavy atom. The van der Waals surface area contributed by atoms with Crippen LogP contribution in [0.15, 0.2) is 48.5 Å². The first-order valence-corrected chi connectivity index (χ1v) is 11.5. The standard InChI is InChI=1S/C22H28N2O4S/c1-16-10-11-20-18(12-16)19(13-22(2,3)28-20)23-21(25)15-24(29(4,26)27)14-17-8-6-5-7-9-17/h5-12,19H,13-15H2,1-4H3,(H,23,25). The highest BCUT2D eigenvalue weighted by Gasteiger charge is 2.35. The van der Waals surface area contributed by atoms with E-state index in [9.17, 15) is 13.2 Å². The molecule has 7 heteroatoms. The van der Waals surface area contributed by atoms with Gasteiger partial charge in [0, 0.05) is 18.5 Å². The molecular weight excluding hydrogens is 388 g/mol. The Morgan fingerprint density at radius 3 is 2.55 bits per heavy atom. The van der Waals surface area contributed by atoms with Gasteiger partial charge >= 0.3 is 0 Å². The highest BCUT2D eigenvalue weighted by atomic mass is 32.2. The Hall–Kier alpha value is -2.38. The highest BCUT2D eigenvalue weighted by molar-refractivity contribution is 7.88. The molecular formula is C22H28N2O4S. The van der Waals surface area contributed by atoms with Crippen molar-refractivity contribution in [3.05, 3.63) is 65.2 Å². The predicted octanol–water partition coefficient (Wildman–Crippen LogP) is 3.18. The number of ether oxygens (including phenoxy) is 1. The molecule has 1 aliphatic rings. The summed E-state index contributed by atoms with van der Waals surface area (Å²) >= 11 is 0. The summed E-state index contributed by atoms with van der Waals surface area (Å²) in [6.07, 6.45) is 1.73. The molecule has 29 heavy (non-hydrogen) atoms. The van der Waals surface area contributed by atoms with E-state index in [0.717, 1.165) is 28.7 Å². The molecule has 1 amide bonds. The molecule has 0 fully saturated rings. The molecule has 1 N–H and O–H groups in total. The summed E-state index contributed by atoms with van der Waals surface area (Å²) in [6.45, 7) is 5.87. The van der Waals surface area contributed by atoms with Crippen LogP contribution in [0.2, 0.25) is 0 Å². The fraction of sp³-hybridized carbons (Fsp3) is 0.409. The lowest BCUT2D eigenvalue weighted by molar-refractivity contribution is -0.122. The first kappa shape index (κ1) is 21.3. The fourth-order valence-electron chi connectivity index (χ4n) is 3.58. The van der Waals surface area contributed by atoms with Crippen LogP contribution in [0.3, 0.4) is 0 Å². The van der Waals surface area contributed by atoms with Crippen LogP contribution >= 0.6 is 0 Å². The monoisotopic (exact) mass is 416 g/mol. The molecule has 0 aliphatic carbocycles. The Balaban J connectivity index is 1.77. The van der Waals surface area contributed by atoms with Gasteiger partial charge < -0.3 is 10.1 Å². The van der Waals surface area contributed by atoms with Crippen LogP contribution in [-0.2, 0) is 21.4 Å². The topological polar surface area (TPSA) is 75.7 Å². The van der Waals surface area contributed by atoms with Gasteiger partial charge in [-0.25, -0.2) is 8.42 Å². The zero-order valence-electron chi connectivity index (χ0n) is 17.3. The lowest BCUT2D eigenvalue weighted by atomic mass is 9.89. The summed E-state index contributed by atoms with van der Waals surface area (Å²) in [5.41, 5.74) is 2.40. The van der Waals surface area contributed by atoms with Crippen molar-refractivity contribution in [1.82, 2.24) is 9.62 Å². The van der Waals surface area contributed by atoms with Crippen LogP contribution in [0.4, 0.5) is 0 Å². The Morgan fingerprint density at radius 1 is 1.21 bits per heavy atom. The van der Waals surface area contributed by atoms with E-state index in [0.29, 0.717) is 6.42 Å². The van der Waals surface area contributed by atoms with Crippen molar-refractivity contribution in [3.63, 3.8) is 0 Å². The van der Waals surface area contributed by atoms with Gasteiger partial charge in [-0.05, 0) is 32.4 Å². The van der Waals surface area contributed by atoms with Crippen molar-refractivity contribution in [2.24, 2.45) is 0 Å². The number of carbonyl (C=O) groups excluding carboxylic acids is 1. The first-order valence-electron chi connectivity index (χ1n) is 9.61. The first-order chi connectivity index (χ1) is 13.5. The maximum absolute atomic E-state index is 12.8. The van der Waals surface area contributed by atoms with Crippen LogP contribution in [0.25, 0.3) is 0 Å². The fourth-order valence-corrected chi connectivity index (χ4v) is 4.32. The lowest BCUT2D eigenvalue weighted by Gasteiger charge is -2.38. The summed E-state index contributed by atoms with van der Waals surface area (Å²) in [6, 6.07) is 14.9. The smallest absolute Gasteiger partial charge is 0.235 e. The minimum Gasteiger partial charge on any atom is -0.487 e. The SMILES string of the molecule is Cc1ccc2c(c1)C(NC(=O)CN(Cc1ccccc1)S(C)(=O)=O)CC(C)(C)O2. The number of sulfonamides is 1. The maximum Gasteiger partial charge on any atom is 0.235 e. The number of fused-ring (bicyclic) bond motifs is 1. The average molecular weight is 417 g/mol. The third kappa shape index (κ3) is 5.58. The van der Waals surface area contributed by atoms with Crippen LogP contribution in [0.1, 0.15) is 43.0 Å². The van der Waals surface area contributed by atoms with Crippen molar-refractivity contribution in [2.45, 2.75) is 45.4 Å². The molecule has 1 aliphatic heterocycles. The van der Waals surface area contributed by atoms with Crippen LogP contribution in [0, 0.1) is 6.92 Å². The predicted molar refractivity (Wildman–Crippen MR) is 113 cm³/mol. The number of rotatable bonds is 6. The third-order valence-electron chi connectivity index (χ3n) is 4.95. The van der Waals surface area contributed by atoms with Gasteiger partial charge in [0.15, 0.2) is 0 Å². The minimum atomic E-state index is -3.54. The van der Waals surface area contributed by atoms with Gasteiger partial charge in [-0.2, -0.15) is 4.31 Å². The van der Waals surface area contributed by atoms with Gasteiger partial charge in [-0.3, -0.25) is 4.79 Å². The number of aryl methyl sites for hydroxylation is 1. The maximum atomic E-state index is 12.8. The van der Waals surface area contributed by atoms with E-state index >= 15 is 0 Å². The van der Waals surface area contributed by atoms with E-state index in [1.54, 1.807) is 0 Å². The van der Waals surface area contributed by atoms with Crippen molar-refractivity contribution in [2.75, 3.05) is 12.8 Å². The van der Waals surface area contributed by atoms with Crippen molar-refractivity contribution >= 4 is 15.9 Å². The van der Waals surface area contributed by atoms with Crippen LogP contribution < -0.4 is 10.1 Å². The molecule has 0 bridgehead atoms. The van der Waals surface area contributed by atoms with Crippen molar-refractivity contribution < 1.29 is 17.9 Å². The zero-order chi connectivity index (χ0) is 21.2. The average Bonchev–Trinajstić information content (AvgIpc) is 2.61. The molecule has 156 valence electrons. The largest absolute Gasteiger partial charge is 0.487 e. The molecule has 0 aromatic heterocycles. The number of amides is 1. The van der Waals surface area contributed by atoms with Gasteiger partial charge in [0.1, 0.15) is 11.4 Å². The second-order valence-electron chi connectivity index (χ2n) is 8.24. The molecule has 1 unspecified atom stereocenters. The van der Waals surface area contributed by atoms with E-state index in [1.807, 2.05) is 69.3 Å². The molecule has 0 saturated carbocycles. The number of hydrogen-bond donors (Lipinski definition) is 1. The van der Waals surface area contributed by atoms with Crippen molar-refractivity contribution in [3.8, 4) is 5.75 Å². The zero-order valence-corrected chi connectivity index (χ0v) is 18.1. The third-order valence-corrected chi connectivity index (χ3v) is 6.14. The molecule has 2 aromatic carbocycles. The highest BCUT2D eigenvalue weighted by Crippen LogP contribution is 2.39. The van der Waals surface area contributed by atoms with E-state index < -0.39 is 15.6 Å². The normalized spacial score (nSPS) is 18.0. The molecule has 0 radical (unpaired) electrons. The second-order valence-corrected chi connectivity index (χ2v) is 10.2. The summed E-state index contributed by atoms with van der Waals surface area (Å²) in [5, 5.41) is 3.02. The van der Waals surface area contributed by atoms with Crippen LogP contribution in [-0.4, -0.2) is 37.0 Å². The molecule has 3 rings (SSSR count). The van der Waals surface area contributed by atoms with Crippen molar-refractivity contribution in [1.29, 1.82) is 0 Å². The van der Waals surface area contributed by atoms with E-state index in [1.165, 1.54) is 4.31 Å². The minimum absolute atomic E-state index is 0.155. The van der Waals surface area contributed by atoms with Gasteiger partial charge in [0.2, 0.25) is 15.9 Å².